The van der Waals surface area contributed by atoms with E-state index in [9.17, 15) is 9.59 Å². The summed E-state index contributed by atoms with van der Waals surface area (Å²) in [5.74, 6) is -1.65. The van der Waals surface area contributed by atoms with Gasteiger partial charge in [0.1, 0.15) is 0 Å². The van der Waals surface area contributed by atoms with Crippen LogP contribution in [0, 0.1) is 0 Å². The highest BCUT2D eigenvalue weighted by molar-refractivity contribution is 9.10. The summed E-state index contributed by atoms with van der Waals surface area (Å²) >= 11 is 3.39. The van der Waals surface area contributed by atoms with Crippen LogP contribution in [-0.2, 0) is 16.1 Å². The van der Waals surface area contributed by atoms with Gasteiger partial charge in [-0.3, -0.25) is 10.1 Å². The van der Waals surface area contributed by atoms with Gasteiger partial charge in [-0.15, -0.1) is 0 Å². The lowest BCUT2D eigenvalue weighted by atomic mass is 10.2. The average Bonchev–Trinajstić information content (AvgIpc) is 2.32. The molecule has 0 aliphatic rings. The van der Waals surface area contributed by atoms with Gasteiger partial charge in [-0.2, -0.15) is 0 Å². The summed E-state index contributed by atoms with van der Waals surface area (Å²) in [6.45, 7) is 0.353. The minimum absolute atomic E-state index is 0.353. The first-order valence-electron chi connectivity index (χ1n) is 5.35. The summed E-state index contributed by atoms with van der Waals surface area (Å²) in [6, 6.07) is 6.29. The topological polar surface area (TPSA) is 69.6 Å². The van der Waals surface area contributed by atoms with Gasteiger partial charge in [0, 0.05) is 18.1 Å². The van der Waals surface area contributed by atoms with Gasteiger partial charge in [-0.05, 0) is 18.7 Å². The van der Waals surface area contributed by atoms with Gasteiger partial charge in [0.05, 0.1) is 0 Å². The standard InChI is InChI=1S/C12H15BrN2O3/c1-14-10(12(17)18)11(16)15(2)7-8-5-3-4-6-9(8)13/h3-6,10,14H,7H2,1-2H3,(H,17,18). The maximum absolute atomic E-state index is 11.9. The van der Waals surface area contributed by atoms with Crippen molar-refractivity contribution < 1.29 is 14.7 Å². The predicted molar refractivity (Wildman–Crippen MR) is 71.1 cm³/mol. The number of amides is 1. The van der Waals surface area contributed by atoms with Gasteiger partial charge >= 0.3 is 5.97 Å². The number of carbonyl (C=O) groups excluding carboxylic acids is 1. The van der Waals surface area contributed by atoms with Crippen molar-refractivity contribution in [3.63, 3.8) is 0 Å². The first-order chi connectivity index (χ1) is 8.47. The first kappa shape index (κ1) is 14.7. The Hall–Kier alpha value is -1.40. The summed E-state index contributed by atoms with van der Waals surface area (Å²) in [6.07, 6.45) is 0. The highest BCUT2D eigenvalue weighted by Crippen LogP contribution is 2.17. The number of aliphatic carboxylic acids is 1. The maximum Gasteiger partial charge on any atom is 0.330 e. The molecule has 0 bridgehead atoms. The zero-order chi connectivity index (χ0) is 13.7. The molecule has 1 aromatic carbocycles. The van der Waals surface area contributed by atoms with E-state index < -0.39 is 17.9 Å². The Bertz CT molecular complexity index is 451. The quantitative estimate of drug-likeness (QED) is 0.798. The Morgan fingerprint density at radius 3 is 2.56 bits per heavy atom. The van der Waals surface area contributed by atoms with Crippen molar-refractivity contribution in [2.45, 2.75) is 12.6 Å². The Labute approximate surface area is 114 Å². The molecule has 0 spiro atoms. The molecular formula is C12H15BrN2O3. The van der Waals surface area contributed by atoms with Crippen molar-refractivity contribution in [1.29, 1.82) is 0 Å². The number of hydrogen-bond donors (Lipinski definition) is 2. The second kappa shape index (κ2) is 6.51. The van der Waals surface area contributed by atoms with Gasteiger partial charge < -0.3 is 10.0 Å². The molecular weight excluding hydrogens is 300 g/mol. The van der Waals surface area contributed by atoms with E-state index in [1.54, 1.807) is 7.05 Å². The minimum Gasteiger partial charge on any atom is -0.480 e. The molecule has 98 valence electrons. The first-order valence-corrected chi connectivity index (χ1v) is 6.15. The maximum atomic E-state index is 11.9. The number of carboxylic acids is 1. The van der Waals surface area contributed by atoms with E-state index in [-0.39, 0.29) is 0 Å². The SMILES string of the molecule is CNC(C(=O)O)C(=O)N(C)Cc1ccccc1Br. The van der Waals surface area contributed by atoms with Crippen LogP contribution < -0.4 is 5.32 Å². The van der Waals surface area contributed by atoms with Crippen molar-refractivity contribution in [1.82, 2.24) is 10.2 Å². The Morgan fingerprint density at radius 1 is 1.44 bits per heavy atom. The molecule has 0 saturated carbocycles. The third-order valence-electron chi connectivity index (χ3n) is 2.52. The summed E-state index contributed by atoms with van der Waals surface area (Å²) in [5.41, 5.74) is 0.925. The molecule has 6 heteroatoms. The van der Waals surface area contributed by atoms with E-state index in [1.165, 1.54) is 11.9 Å². The zero-order valence-electron chi connectivity index (χ0n) is 10.2. The number of nitrogens with one attached hydrogen (secondary N) is 1. The Morgan fingerprint density at radius 2 is 2.06 bits per heavy atom. The monoisotopic (exact) mass is 314 g/mol. The van der Waals surface area contributed by atoms with Crippen LogP contribution in [0.2, 0.25) is 0 Å². The van der Waals surface area contributed by atoms with Crippen LogP contribution in [0.15, 0.2) is 28.7 Å². The van der Waals surface area contributed by atoms with Gasteiger partial charge in [0.2, 0.25) is 0 Å². The van der Waals surface area contributed by atoms with Crippen molar-refractivity contribution in [2.75, 3.05) is 14.1 Å². The number of benzene rings is 1. The molecule has 1 unspecified atom stereocenters. The number of rotatable bonds is 5. The number of likely N-dealkylation sites (N-methyl/N-ethyl adjacent to an activating group) is 2. The molecule has 1 rings (SSSR count). The van der Waals surface area contributed by atoms with Crippen molar-refractivity contribution >= 4 is 27.8 Å². The molecule has 18 heavy (non-hydrogen) atoms. The van der Waals surface area contributed by atoms with Crippen LogP contribution in [0.4, 0.5) is 0 Å². The summed E-state index contributed by atoms with van der Waals surface area (Å²) in [4.78, 5) is 24.2. The van der Waals surface area contributed by atoms with E-state index >= 15 is 0 Å². The summed E-state index contributed by atoms with van der Waals surface area (Å²) < 4.78 is 0.890. The number of carboxylic acid groups (broad SMARTS) is 1. The number of hydrogen-bond acceptors (Lipinski definition) is 3. The molecule has 1 atom stereocenters. The highest BCUT2D eigenvalue weighted by atomic mass is 79.9. The summed E-state index contributed by atoms with van der Waals surface area (Å²) in [7, 11) is 3.03. The number of carbonyl (C=O) groups is 2. The smallest absolute Gasteiger partial charge is 0.330 e. The Kier molecular flexibility index (Phi) is 5.30. The molecule has 0 heterocycles. The normalized spacial score (nSPS) is 11.9. The van der Waals surface area contributed by atoms with Crippen molar-refractivity contribution in [3.05, 3.63) is 34.3 Å². The van der Waals surface area contributed by atoms with Crippen LogP contribution >= 0.6 is 15.9 Å². The average molecular weight is 315 g/mol. The van der Waals surface area contributed by atoms with Gasteiger partial charge in [0.25, 0.3) is 5.91 Å². The Balaban J connectivity index is 2.77. The van der Waals surface area contributed by atoms with E-state index in [2.05, 4.69) is 21.2 Å². The van der Waals surface area contributed by atoms with E-state index in [4.69, 9.17) is 5.11 Å². The lowest BCUT2D eigenvalue weighted by Crippen LogP contribution is -2.48. The van der Waals surface area contributed by atoms with Gasteiger partial charge in [0.15, 0.2) is 6.04 Å². The lowest BCUT2D eigenvalue weighted by molar-refractivity contribution is -0.147. The molecule has 0 aromatic heterocycles. The van der Waals surface area contributed by atoms with E-state index in [0.29, 0.717) is 6.54 Å². The molecule has 0 radical (unpaired) electrons. The highest BCUT2D eigenvalue weighted by Gasteiger charge is 2.27. The predicted octanol–water partition coefficient (Wildman–Crippen LogP) is 1.08. The van der Waals surface area contributed by atoms with Crippen LogP contribution in [0.3, 0.4) is 0 Å². The molecule has 1 amide bonds. The third kappa shape index (κ3) is 3.54. The summed E-state index contributed by atoms with van der Waals surface area (Å²) in [5, 5.41) is 11.4. The molecule has 0 aliphatic carbocycles. The fourth-order valence-corrected chi connectivity index (χ4v) is 1.94. The second-order valence-electron chi connectivity index (χ2n) is 3.85. The largest absolute Gasteiger partial charge is 0.480 e. The van der Waals surface area contributed by atoms with E-state index in [1.807, 2.05) is 24.3 Å². The van der Waals surface area contributed by atoms with Crippen LogP contribution in [0.25, 0.3) is 0 Å². The van der Waals surface area contributed by atoms with Crippen molar-refractivity contribution in [3.8, 4) is 0 Å². The minimum atomic E-state index is -1.21. The fourth-order valence-electron chi connectivity index (χ4n) is 1.53. The third-order valence-corrected chi connectivity index (χ3v) is 3.30. The van der Waals surface area contributed by atoms with E-state index in [0.717, 1.165) is 10.0 Å². The van der Waals surface area contributed by atoms with Gasteiger partial charge in [-0.1, -0.05) is 34.1 Å². The molecule has 0 saturated heterocycles. The second-order valence-corrected chi connectivity index (χ2v) is 4.70. The lowest BCUT2D eigenvalue weighted by Gasteiger charge is -2.21. The van der Waals surface area contributed by atoms with Crippen LogP contribution in [0.1, 0.15) is 5.56 Å². The van der Waals surface area contributed by atoms with Crippen molar-refractivity contribution in [2.24, 2.45) is 0 Å². The fraction of sp³-hybridized carbons (Fsp3) is 0.333. The van der Waals surface area contributed by atoms with Crippen LogP contribution in [0.5, 0.6) is 0 Å². The number of halogens is 1. The van der Waals surface area contributed by atoms with Crippen LogP contribution in [-0.4, -0.2) is 42.0 Å². The molecule has 2 N–H and O–H groups in total. The molecule has 0 aliphatic heterocycles. The molecule has 1 aromatic rings. The number of nitrogens with zero attached hydrogens (tertiary/aromatic N) is 1. The molecule has 0 fully saturated rings. The molecule has 5 nitrogen and oxygen atoms in total. The van der Waals surface area contributed by atoms with Gasteiger partial charge in [-0.25, -0.2) is 4.79 Å². The zero-order valence-corrected chi connectivity index (χ0v) is 11.8.